The van der Waals surface area contributed by atoms with Gasteiger partial charge in [-0.1, -0.05) is 6.07 Å². The number of hydrogen-bond donors (Lipinski definition) is 0. The van der Waals surface area contributed by atoms with E-state index in [0.717, 1.165) is 24.0 Å². The maximum Gasteiger partial charge on any atom is 0.349 e. The van der Waals surface area contributed by atoms with Gasteiger partial charge in [-0.25, -0.2) is 9.18 Å². The molecule has 0 radical (unpaired) electrons. The van der Waals surface area contributed by atoms with Crippen LogP contribution >= 0.6 is 0 Å². The Kier molecular flexibility index (Phi) is 5.06. The molecule has 148 valence electrons. The third-order valence-electron chi connectivity index (χ3n) is 5.91. The van der Waals surface area contributed by atoms with Crippen molar-refractivity contribution in [2.45, 2.75) is 45.1 Å². The number of ether oxygens (including phenoxy) is 1. The third-order valence-corrected chi connectivity index (χ3v) is 5.91. The number of amides is 1. The normalized spacial score (nSPS) is 20.1. The number of rotatable bonds is 2. The number of halogens is 1. The van der Waals surface area contributed by atoms with Gasteiger partial charge in [0.2, 0.25) is 0 Å². The molecule has 3 heterocycles. The Morgan fingerprint density at radius 1 is 1.21 bits per heavy atom. The van der Waals surface area contributed by atoms with Crippen LogP contribution in [0.25, 0.3) is 0 Å². The monoisotopic (exact) mass is 385 g/mol. The van der Waals surface area contributed by atoms with Gasteiger partial charge in [-0.2, -0.15) is 0 Å². The van der Waals surface area contributed by atoms with E-state index in [1.165, 1.54) is 12.1 Å². The Bertz CT molecular complexity index is 961. The Morgan fingerprint density at radius 3 is 2.68 bits per heavy atom. The summed E-state index contributed by atoms with van der Waals surface area (Å²) in [6.45, 7) is 5.42. The van der Waals surface area contributed by atoms with Gasteiger partial charge in [0.05, 0.1) is 6.04 Å². The van der Waals surface area contributed by atoms with Gasteiger partial charge in [0.25, 0.3) is 5.91 Å². The average Bonchev–Trinajstić information content (AvgIpc) is 2.68. The Hall–Kier alpha value is -2.47. The number of carbonyl (C=O) groups is 1. The van der Waals surface area contributed by atoms with E-state index in [9.17, 15) is 14.0 Å². The van der Waals surface area contributed by atoms with Crippen LogP contribution < -0.4 is 5.63 Å². The van der Waals surface area contributed by atoms with Gasteiger partial charge in [-0.3, -0.25) is 4.79 Å². The number of fused-ring (bicyclic) bond motifs is 1. The minimum atomic E-state index is -0.594. The van der Waals surface area contributed by atoms with Crippen LogP contribution in [0.3, 0.4) is 0 Å². The minimum absolute atomic E-state index is 0.0718. The number of hydrogen-bond acceptors (Lipinski definition) is 4. The van der Waals surface area contributed by atoms with Crippen molar-refractivity contribution in [1.82, 2.24) is 4.90 Å². The third kappa shape index (κ3) is 3.37. The fraction of sp³-hybridized carbons (Fsp3) is 0.455. The first-order valence-corrected chi connectivity index (χ1v) is 9.77. The fourth-order valence-corrected chi connectivity index (χ4v) is 4.28. The molecule has 28 heavy (non-hydrogen) atoms. The molecule has 2 aliphatic heterocycles. The van der Waals surface area contributed by atoms with Crippen LogP contribution in [0.5, 0.6) is 0 Å². The summed E-state index contributed by atoms with van der Waals surface area (Å²) in [5.41, 5.74) is 1.93. The summed E-state index contributed by atoms with van der Waals surface area (Å²) >= 11 is 0. The van der Waals surface area contributed by atoms with Crippen molar-refractivity contribution in [3.63, 3.8) is 0 Å². The van der Waals surface area contributed by atoms with Gasteiger partial charge in [0.1, 0.15) is 17.1 Å². The molecule has 4 rings (SSSR count). The summed E-state index contributed by atoms with van der Waals surface area (Å²) < 4.78 is 24.6. The topological polar surface area (TPSA) is 59.8 Å². The summed E-state index contributed by atoms with van der Waals surface area (Å²) in [6.07, 6.45) is 2.25. The average molecular weight is 385 g/mol. The molecular weight excluding hydrogens is 361 g/mol. The first-order chi connectivity index (χ1) is 13.5. The van der Waals surface area contributed by atoms with Crippen molar-refractivity contribution in [3.05, 3.63) is 68.5 Å². The van der Waals surface area contributed by atoms with E-state index >= 15 is 0 Å². The lowest BCUT2D eigenvalue weighted by molar-refractivity contribution is 0.0667. The standard InChI is InChI=1S/C22H24FNO4/c1-13-11-19(16-6-9-27-10-7-16)28-22(26)20(13)21(25)24-8-5-15-3-4-17(23)12-18(15)14(24)2/h3-4,11-12,14,16H,5-10H2,1-2H3. The molecule has 1 aromatic heterocycles. The van der Waals surface area contributed by atoms with Gasteiger partial charge >= 0.3 is 5.63 Å². The highest BCUT2D eigenvalue weighted by atomic mass is 19.1. The number of nitrogens with zero attached hydrogens (tertiary/aromatic N) is 1. The largest absolute Gasteiger partial charge is 0.427 e. The Balaban J connectivity index is 1.64. The van der Waals surface area contributed by atoms with Crippen molar-refractivity contribution >= 4 is 5.91 Å². The molecule has 1 saturated heterocycles. The predicted octanol–water partition coefficient (Wildman–Crippen LogP) is 3.74. The van der Waals surface area contributed by atoms with Crippen LogP contribution in [0.4, 0.5) is 4.39 Å². The number of aryl methyl sites for hydroxylation is 1. The molecular formula is C22H24FNO4. The van der Waals surface area contributed by atoms with Crippen molar-refractivity contribution in [1.29, 1.82) is 0 Å². The molecule has 6 heteroatoms. The molecule has 1 atom stereocenters. The van der Waals surface area contributed by atoms with Crippen LogP contribution in [-0.4, -0.2) is 30.6 Å². The van der Waals surface area contributed by atoms with Crippen molar-refractivity contribution in [2.24, 2.45) is 0 Å². The van der Waals surface area contributed by atoms with Gasteiger partial charge in [-0.15, -0.1) is 0 Å². The van der Waals surface area contributed by atoms with Crippen molar-refractivity contribution < 1.29 is 18.3 Å². The summed E-state index contributed by atoms with van der Waals surface area (Å²) in [5.74, 6) is 0.0955. The van der Waals surface area contributed by atoms with Gasteiger partial charge in [-0.05, 0) is 68.0 Å². The summed E-state index contributed by atoms with van der Waals surface area (Å²) in [6, 6.07) is 6.19. The minimum Gasteiger partial charge on any atom is -0.427 e. The molecule has 1 amide bonds. The number of benzene rings is 1. The van der Waals surface area contributed by atoms with Crippen LogP contribution in [0.2, 0.25) is 0 Å². The highest BCUT2D eigenvalue weighted by Crippen LogP contribution is 2.32. The smallest absolute Gasteiger partial charge is 0.349 e. The SMILES string of the molecule is Cc1cc(C2CCOCC2)oc(=O)c1C(=O)N1CCc2ccc(F)cc2C1C. The second-order valence-electron chi connectivity index (χ2n) is 7.65. The second kappa shape index (κ2) is 7.51. The Morgan fingerprint density at radius 2 is 1.96 bits per heavy atom. The second-order valence-corrected chi connectivity index (χ2v) is 7.65. The molecule has 0 bridgehead atoms. The van der Waals surface area contributed by atoms with Gasteiger partial charge in [0, 0.05) is 25.7 Å². The van der Waals surface area contributed by atoms with Gasteiger partial charge in [0.15, 0.2) is 0 Å². The molecule has 5 nitrogen and oxygen atoms in total. The predicted molar refractivity (Wildman–Crippen MR) is 102 cm³/mol. The van der Waals surface area contributed by atoms with Crippen molar-refractivity contribution in [2.75, 3.05) is 19.8 Å². The molecule has 0 spiro atoms. The summed E-state index contributed by atoms with van der Waals surface area (Å²) in [5, 5.41) is 0. The Labute approximate surface area is 163 Å². The highest BCUT2D eigenvalue weighted by molar-refractivity contribution is 5.95. The van der Waals surface area contributed by atoms with E-state index in [1.54, 1.807) is 17.9 Å². The molecule has 2 aromatic rings. The van der Waals surface area contributed by atoms with Crippen molar-refractivity contribution in [3.8, 4) is 0 Å². The fourth-order valence-electron chi connectivity index (χ4n) is 4.28. The van der Waals surface area contributed by atoms with Crippen LogP contribution in [-0.2, 0) is 11.2 Å². The van der Waals surface area contributed by atoms with Crippen LogP contribution in [0.1, 0.15) is 64.5 Å². The molecule has 1 aromatic carbocycles. The van der Waals surface area contributed by atoms with E-state index in [-0.39, 0.29) is 29.2 Å². The van der Waals surface area contributed by atoms with E-state index < -0.39 is 5.63 Å². The lowest BCUT2D eigenvalue weighted by atomic mass is 9.92. The first kappa shape index (κ1) is 18.9. The van der Waals surface area contributed by atoms with Crippen LogP contribution in [0.15, 0.2) is 33.5 Å². The zero-order valence-corrected chi connectivity index (χ0v) is 16.2. The highest BCUT2D eigenvalue weighted by Gasteiger charge is 2.32. The van der Waals surface area contributed by atoms with Gasteiger partial charge < -0.3 is 14.1 Å². The maximum absolute atomic E-state index is 13.7. The quantitative estimate of drug-likeness (QED) is 0.790. The molecule has 0 saturated carbocycles. The van der Waals surface area contributed by atoms with E-state index in [4.69, 9.17) is 9.15 Å². The lowest BCUT2D eigenvalue weighted by Crippen LogP contribution is -2.41. The van der Waals surface area contributed by atoms with E-state index in [2.05, 4.69) is 0 Å². The molecule has 1 unspecified atom stereocenters. The van der Waals surface area contributed by atoms with E-state index in [1.807, 2.05) is 13.0 Å². The summed E-state index contributed by atoms with van der Waals surface area (Å²) in [4.78, 5) is 27.5. The zero-order chi connectivity index (χ0) is 19.8. The maximum atomic E-state index is 13.7. The van der Waals surface area contributed by atoms with Crippen LogP contribution in [0, 0.1) is 12.7 Å². The number of carbonyl (C=O) groups excluding carboxylic acids is 1. The lowest BCUT2D eigenvalue weighted by Gasteiger charge is -2.35. The van der Waals surface area contributed by atoms with E-state index in [0.29, 0.717) is 37.5 Å². The molecule has 2 aliphatic rings. The summed E-state index contributed by atoms with van der Waals surface area (Å²) in [7, 11) is 0. The first-order valence-electron chi connectivity index (χ1n) is 9.77. The molecule has 0 aliphatic carbocycles. The zero-order valence-electron chi connectivity index (χ0n) is 16.2. The molecule has 0 N–H and O–H groups in total. The molecule has 1 fully saturated rings.